The Kier molecular flexibility index (Phi) is 3.60. The molecular formula is C15H18N2O3. The van der Waals surface area contributed by atoms with E-state index in [0.29, 0.717) is 30.6 Å². The molecule has 1 aromatic carbocycles. The van der Waals surface area contributed by atoms with Crippen LogP contribution in [0.4, 0.5) is 0 Å². The van der Waals surface area contributed by atoms with E-state index in [0.717, 1.165) is 23.8 Å². The van der Waals surface area contributed by atoms with Gasteiger partial charge >= 0.3 is 0 Å². The molecule has 0 radical (unpaired) electrons. The zero-order valence-corrected chi connectivity index (χ0v) is 11.2. The highest BCUT2D eigenvalue weighted by Gasteiger charge is 2.23. The second-order valence-electron chi connectivity index (χ2n) is 4.99. The molecule has 106 valence electrons. The molecule has 0 aliphatic heterocycles. The molecule has 0 atom stereocenters. The molecule has 0 unspecified atom stereocenters. The molecule has 1 heterocycles. The van der Waals surface area contributed by atoms with Crippen molar-refractivity contribution < 1.29 is 13.9 Å². The molecule has 1 fully saturated rings. The van der Waals surface area contributed by atoms with Crippen molar-refractivity contribution in [2.24, 2.45) is 5.73 Å². The molecule has 1 aliphatic rings. The van der Waals surface area contributed by atoms with Crippen LogP contribution in [0.3, 0.4) is 0 Å². The summed E-state index contributed by atoms with van der Waals surface area (Å²) in [4.78, 5) is 11.6. The second-order valence-corrected chi connectivity index (χ2v) is 4.99. The first-order valence-electron chi connectivity index (χ1n) is 6.90. The Morgan fingerprint density at radius 1 is 1.40 bits per heavy atom. The Bertz CT molecular complexity index is 617. The number of amides is 1. The second kappa shape index (κ2) is 5.54. The van der Waals surface area contributed by atoms with E-state index in [4.69, 9.17) is 14.9 Å². The van der Waals surface area contributed by atoms with Crippen molar-refractivity contribution >= 4 is 16.9 Å². The maximum atomic E-state index is 11.6. The van der Waals surface area contributed by atoms with Gasteiger partial charge in [-0.2, -0.15) is 0 Å². The van der Waals surface area contributed by atoms with Gasteiger partial charge in [-0.05, 0) is 25.0 Å². The van der Waals surface area contributed by atoms with Gasteiger partial charge < -0.3 is 20.2 Å². The summed E-state index contributed by atoms with van der Waals surface area (Å²) < 4.78 is 11.3. The van der Waals surface area contributed by atoms with Crippen molar-refractivity contribution in [2.45, 2.75) is 31.8 Å². The molecule has 0 saturated heterocycles. The van der Waals surface area contributed by atoms with Crippen LogP contribution < -0.4 is 15.8 Å². The number of fused-ring (bicyclic) bond motifs is 1. The smallest absolute Gasteiger partial charge is 0.223 e. The summed E-state index contributed by atoms with van der Waals surface area (Å²) >= 11 is 0. The normalized spacial score (nSPS) is 14.4. The lowest BCUT2D eigenvalue weighted by Gasteiger charge is -2.06. The fourth-order valence-corrected chi connectivity index (χ4v) is 2.14. The third-order valence-corrected chi connectivity index (χ3v) is 3.32. The molecule has 1 aliphatic carbocycles. The summed E-state index contributed by atoms with van der Waals surface area (Å²) in [6, 6.07) is 8.01. The molecule has 2 aromatic rings. The summed E-state index contributed by atoms with van der Waals surface area (Å²) in [7, 11) is 0. The zero-order valence-electron chi connectivity index (χ0n) is 11.2. The monoisotopic (exact) mass is 274 g/mol. The molecule has 1 amide bonds. The summed E-state index contributed by atoms with van der Waals surface area (Å²) in [5, 5.41) is 3.83. The number of nitrogens with two attached hydrogens (primary N) is 1. The Morgan fingerprint density at radius 3 is 2.95 bits per heavy atom. The van der Waals surface area contributed by atoms with E-state index in [2.05, 4.69) is 5.32 Å². The molecule has 5 heteroatoms. The minimum atomic E-state index is 0.0367. The number of furan rings is 1. The van der Waals surface area contributed by atoms with E-state index in [-0.39, 0.29) is 12.5 Å². The summed E-state index contributed by atoms with van der Waals surface area (Å²) in [5.74, 6) is 1.31. The maximum Gasteiger partial charge on any atom is 0.223 e. The highest BCUT2D eigenvalue weighted by atomic mass is 16.5. The molecule has 0 spiro atoms. The summed E-state index contributed by atoms with van der Waals surface area (Å²) in [6.07, 6.45) is 2.53. The molecule has 1 aromatic heterocycles. The molecule has 20 heavy (non-hydrogen) atoms. The Hall–Kier alpha value is -2.01. The fourth-order valence-electron chi connectivity index (χ4n) is 2.14. The largest absolute Gasteiger partial charge is 0.489 e. The van der Waals surface area contributed by atoms with Crippen molar-refractivity contribution in [1.29, 1.82) is 0 Å². The molecular weight excluding hydrogens is 256 g/mol. The van der Waals surface area contributed by atoms with Gasteiger partial charge in [-0.1, -0.05) is 12.1 Å². The van der Waals surface area contributed by atoms with E-state index < -0.39 is 0 Å². The third kappa shape index (κ3) is 2.77. The number of para-hydroxylation sites is 1. The molecule has 3 N–H and O–H groups in total. The van der Waals surface area contributed by atoms with Gasteiger partial charge in [-0.25, -0.2) is 0 Å². The van der Waals surface area contributed by atoms with Gasteiger partial charge in [0.15, 0.2) is 11.5 Å². The van der Waals surface area contributed by atoms with E-state index in [9.17, 15) is 4.79 Å². The number of hydrogen-bond acceptors (Lipinski definition) is 4. The molecule has 0 bridgehead atoms. The number of carbonyl (C=O) groups is 1. The average molecular weight is 274 g/mol. The van der Waals surface area contributed by atoms with Gasteiger partial charge in [0.25, 0.3) is 0 Å². The van der Waals surface area contributed by atoms with Crippen LogP contribution in [0, 0.1) is 0 Å². The number of carbonyl (C=O) groups excluding carboxylic acids is 1. The van der Waals surface area contributed by atoms with Crippen LogP contribution in [-0.2, 0) is 11.3 Å². The first kappa shape index (κ1) is 13.0. The van der Waals surface area contributed by atoms with Crippen LogP contribution in [0.1, 0.15) is 25.0 Å². The van der Waals surface area contributed by atoms with Crippen LogP contribution in [0.15, 0.2) is 28.7 Å². The minimum absolute atomic E-state index is 0.0367. The van der Waals surface area contributed by atoms with Crippen LogP contribution in [0.5, 0.6) is 5.75 Å². The quantitative estimate of drug-likeness (QED) is 0.844. The maximum absolute atomic E-state index is 11.6. The van der Waals surface area contributed by atoms with Gasteiger partial charge in [0, 0.05) is 6.04 Å². The lowest BCUT2D eigenvalue weighted by molar-refractivity contribution is -0.121. The Morgan fingerprint density at radius 2 is 2.20 bits per heavy atom. The predicted molar refractivity (Wildman–Crippen MR) is 75.4 cm³/mol. The first-order chi connectivity index (χ1) is 9.78. The number of benzene rings is 1. The van der Waals surface area contributed by atoms with Gasteiger partial charge in [-0.3, -0.25) is 4.79 Å². The Balaban J connectivity index is 1.65. The Labute approximate surface area is 117 Å². The van der Waals surface area contributed by atoms with Crippen molar-refractivity contribution in [2.75, 3.05) is 6.61 Å². The lowest BCUT2D eigenvalue weighted by atomic mass is 10.2. The average Bonchev–Trinajstić information content (AvgIpc) is 3.19. The third-order valence-electron chi connectivity index (χ3n) is 3.32. The zero-order chi connectivity index (χ0) is 13.9. The number of ether oxygens (including phenoxy) is 1. The van der Waals surface area contributed by atoms with Crippen molar-refractivity contribution in [3.8, 4) is 5.75 Å². The molecule has 5 nitrogen and oxygen atoms in total. The van der Waals surface area contributed by atoms with Crippen molar-refractivity contribution in [3.63, 3.8) is 0 Å². The van der Waals surface area contributed by atoms with E-state index >= 15 is 0 Å². The number of rotatable bonds is 6. The molecule has 1 saturated carbocycles. The highest BCUT2D eigenvalue weighted by molar-refractivity contribution is 5.85. The van der Waals surface area contributed by atoms with Crippen LogP contribution in [-0.4, -0.2) is 18.6 Å². The lowest BCUT2D eigenvalue weighted by Crippen LogP contribution is -2.26. The highest BCUT2D eigenvalue weighted by Crippen LogP contribution is 2.32. The summed E-state index contributed by atoms with van der Waals surface area (Å²) in [5.41, 5.74) is 6.42. The van der Waals surface area contributed by atoms with Gasteiger partial charge in [0.05, 0.1) is 25.0 Å². The summed E-state index contributed by atoms with van der Waals surface area (Å²) in [6.45, 7) is 0.605. The minimum Gasteiger partial charge on any atom is -0.489 e. The van der Waals surface area contributed by atoms with Crippen molar-refractivity contribution in [1.82, 2.24) is 5.32 Å². The topological polar surface area (TPSA) is 77.5 Å². The first-order valence-corrected chi connectivity index (χ1v) is 6.90. The van der Waals surface area contributed by atoms with E-state index in [1.54, 1.807) is 0 Å². The van der Waals surface area contributed by atoms with Crippen LogP contribution in [0.2, 0.25) is 0 Å². The fraction of sp³-hybridized carbons (Fsp3) is 0.400. The standard InChI is InChI=1S/C15H18N2O3/c16-9-13-15(11-3-1-2-4-12(11)20-13)19-8-7-14(18)17-10-5-6-10/h1-4,10H,5-9,16H2,(H,17,18). The van der Waals surface area contributed by atoms with Gasteiger partial charge in [-0.15, -0.1) is 0 Å². The van der Waals surface area contributed by atoms with Crippen LogP contribution in [0.25, 0.3) is 11.0 Å². The van der Waals surface area contributed by atoms with Crippen LogP contribution >= 0.6 is 0 Å². The SMILES string of the molecule is NCc1oc2ccccc2c1OCCC(=O)NC1CC1. The molecule has 3 rings (SSSR count). The van der Waals surface area contributed by atoms with Crippen molar-refractivity contribution in [3.05, 3.63) is 30.0 Å². The van der Waals surface area contributed by atoms with Gasteiger partial charge in [0.1, 0.15) is 5.58 Å². The van der Waals surface area contributed by atoms with E-state index in [1.807, 2.05) is 24.3 Å². The van der Waals surface area contributed by atoms with Gasteiger partial charge in [0.2, 0.25) is 5.91 Å². The number of hydrogen-bond donors (Lipinski definition) is 2. The predicted octanol–water partition coefficient (Wildman–Crippen LogP) is 1.94. The number of nitrogens with one attached hydrogen (secondary N) is 1. The van der Waals surface area contributed by atoms with E-state index in [1.165, 1.54) is 0 Å².